The average Bonchev–Trinajstić information content (AvgIpc) is 2.28. The van der Waals surface area contributed by atoms with E-state index in [0.717, 1.165) is 0 Å². The predicted octanol–water partition coefficient (Wildman–Crippen LogP) is 2.38. The summed E-state index contributed by atoms with van der Waals surface area (Å²) in [6.45, 7) is 0.162. The van der Waals surface area contributed by atoms with Crippen molar-refractivity contribution in [3.63, 3.8) is 0 Å². The van der Waals surface area contributed by atoms with E-state index in [1.165, 1.54) is 18.2 Å². The summed E-state index contributed by atoms with van der Waals surface area (Å²) in [5.41, 5.74) is 0.561. The number of aromatic hydroxyl groups is 3. The van der Waals surface area contributed by atoms with E-state index in [-0.39, 0.29) is 23.9 Å². The molecule has 17 heavy (non-hydrogen) atoms. The molecule has 0 atom stereocenters. The molecule has 2 aromatic rings. The van der Waals surface area contributed by atoms with Gasteiger partial charge in [0, 0.05) is 17.7 Å². The van der Waals surface area contributed by atoms with Crippen molar-refractivity contribution in [1.82, 2.24) is 0 Å². The normalized spacial score (nSPS) is 10.1. The fraction of sp³-hybridized carbons (Fsp3) is 0.0769. The van der Waals surface area contributed by atoms with E-state index < -0.39 is 0 Å². The second-order valence-corrected chi connectivity index (χ2v) is 3.60. The zero-order chi connectivity index (χ0) is 12.3. The van der Waals surface area contributed by atoms with Crippen LogP contribution in [0, 0.1) is 0 Å². The first-order valence-electron chi connectivity index (χ1n) is 5.08. The molecular formula is C13H12O4. The van der Waals surface area contributed by atoms with Crippen molar-refractivity contribution in [3.8, 4) is 23.0 Å². The molecule has 0 aliphatic heterocycles. The molecular weight excluding hydrogens is 220 g/mol. The first kappa shape index (κ1) is 11.1. The van der Waals surface area contributed by atoms with Crippen molar-refractivity contribution in [2.75, 3.05) is 0 Å². The summed E-state index contributed by atoms with van der Waals surface area (Å²) in [5.74, 6) is 0.615. The van der Waals surface area contributed by atoms with Crippen LogP contribution in [0.5, 0.6) is 23.0 Å². The van der Waals surface area contributed by atoms with E-state index in [4.69, 9.17) is 9.84 Å². The van der Waals surface area contributed by atoms with Gasteiger partial charge >= 0.3 is 0 Å². The Kier molecular flexibility index (Phi) is 3.05. The fourth-order valence-corrected chi connectivity index (χ4v) is 1.41. The summed E-state index contributed by atoms with van der Waals surface area (Å²) >= 11 is 0. The van der Waals surface area contributed by atoms with Crippen molar-refractivity contribution in [2.45, 2.75) is 6.61 Å². The van der Waals surface area contributed by atoms with Crippen molar-refractivity contribution < 1.29 is 20.1 Å². The maximum Gasteiger partial charge on any atom is 0.125 e. The molecule has 3 N–H and O–H groups in total. The lowest BCUT2D eigenvalue weighted by molar-refractivity contribution is 0.297. The van der Waals surface area contributed by atoms with Crippen LogP contribution in [0.25, 0.3) is 0 Å². The molecule has 0 amide bonds. The summed E-state index contributed by atoms with van der Waals surface area (Å²) in [6.07, 6.45) is 0. The van der Waals surface area contributed by atoms with Crippen LogP contribution in [0.3, 0.4) is 0 Å². The van der Waals surface area contributed by atoms with Crippen molar-refractivity contribution in [1.29, 1.82) is 0 Å². The molecule has 0 radical (unpaired) electrons. The van der Waals surface area contributed by atoms with Crippen LogP contribution in [-0.2, 0) is 6.61 Å². The fourth-order valence-electron chi connectivity index (χ4n) is 1.41. The average molecular weight is 232 g/mol. The molecule has 0 heterocycles. The van der Waals surface area contributed by atoms with Crippen molar-refractivity contribution >= 4 is 0 Å². The van der Waals surface area contributed by atoms with Crippen LogP contribution in [0.2, 0.25) is 0 Å². The van der Waals surface area contributed by atoms with Gasteiger partial charge in [-0.25, -0.2) is 0 Å². The summed E-state index contributed by atoms with van der Waals surface area (Å²) < 4.78 is 5.39. The SMILES string of the molecule is Oc1cccc(OCc2ccc(O)cc2O)c1. The number of phenols is 3. The van der Waals surface area contributed by atoms with E-state index in [1.807, 2.05) is 0 Å². The molecule has 2 aromatic carbocycles. The lowest BCUT2D eigenvalue weighted by Crippen LogP contribution is -1.95. The summed E-state index contributed by atoms with van der Waals surface area (Å²) in [6, 6.07) is 10.7. The number of hydrogen-bond acceptors (Lipinski definition) is 4. The molecule has 0 bridgehead atoms. The third kappa shape index (κ3) is 2.81. The second-order valence-electron chi connectivity index (χ2n) is 3.60. The van der Waals surface area contributed by atoms with Gasteiger partial charge in [0.2, 0.25) is 0 Å². The number of phenolic OH excluding ortho intramolecular Hbond substituents is 3. The summed E-state index contributed by atoms with van der Waals surface area (Å²) in [5, 5.41) is 27.9. The van der Waals surface area contributed by atoms with Crippen molar-refractivity contribution in [2.24, 2.45) is 0 Å². The third-order valence-corrected chi connectivity index (χ3v) is 2.28. The highest BCUT2D eigenvalue weighted by molar-refractivity contribution is 5.39. The second kappa shape index (κ2) is 4.65. The minimum Gasteiger partial charge on any atom is -0.508 e. The smallest absolute Gasteiger partial charge is 0.125 e. The Morgan fingerprint density at radius 2 is 1.65 bits per heavy atom. The lowest BCUT2D eigenvalue weighted by atomic mass is 10.2. The monoisotopic (exact) mass is 232 g/mol. The van der Waals surface area contributed by atoms with Gasteiger partial charge in [0.25, 0.3) is 0 Å². The maximum absolute atomic E-state index is 9.53. The van der Waals surface area contributed by atoms with E-state index in [1.54, 1.807) is 24.3 Å². The number of rotatable bonds is 3. The summed E-state index contributed by atoms with van der Waals surface area (Å²) in [7, 11) is 0. The molecule has 4 nitrogen and oxygen atoms in total. The van der Waals surface area contributed by atoms with Gasteiger partial charge in [-0.05, 0) is 24.3 Å². The maximum atomic E-state index is 9.53. The molecule has 0 spiro atoms. The van der Waals surface area contributed by atoms with Gasteiger partial charge in [0.15, 0.2) is 0 Å². The van der Waals surface area contributed by atoms with Gasteiger partial charge in [-0.1, -0.05) is 6.07 Å². The Hall–Kier alpha value is -2.36. The first-order chi connectivity index (χ1) is 8.15. The molecule has 0 saturated carbocycles. The van der Waals surface area contributed by atoms with Gasteiger partial charge in [-0.15, -0.1) is 0 Å². The predicted molar refractivity (Wildman–Crippen MR) is 62.2 cm³/mol. The number of benzene rings is 2. The third-order valence-electron chi connectivity index (χ3n) is 2.28. The minimum atomic E-state index is -0.0230. The Balaban J connectivity index is 2.07. The molecule has 88 valence electrons. The van der Waals surface area contributed by atoms with Gasteiger partial charge in [0.05, 0.1) is 0 Å². The molecule has 0 aromatic heterocycles. The largest absolute Gasteiger partial charge is 0.508 e. The molecule has 0 aliphatic rings. The van der Waals surface area contributed by atoms with Gasteiger partial charge < -0.3 is 20.1 Å². The Morgan fingerprint density at radius 3 is 2.35 bits per heavy atom. The Bertz CT molecular complexity index is 523. The van der Waals surface area contributed by atoms with Gasteiger partial charge in [0.1, 0.15) is 29.6 Å². The van der Waals surface area contributed by atoms with Crippen LogP contribution in [-0.4, -0.2) is 15.3 Å². The van der Waals surface area contributed by atoms with Crippen LogP contribution in [0.15, 0.2) is 42.5 Å². The van der Waals surface area contributed by atoms with Crippen molar-refractivity contribution in [3.05, 3.63) is 48.0 Å². The zero-order valence-electron chi connectivity index (χ0n) is 9.00. The van der Waals surface area contributed by atoms with E-state index in [2.05, 4.69) is 0 Å². The van der Waals surface area contributed by atoms with Crippen LogP contribution >= 0.6 is 0 Å². The molecule has 4 heteroatoms. The minimum absolute atomic E-state index is 0.00334. The lowest BCUT2D eigenvalue weighted by Gasteiger charge is -2.08. The van der Waals surface area contributed by atoms with E-state index in [0.29, 0.717) is 11.3 Å². The highest BCUT2D eigenvalue weighted by Crippen LogP contribution is 2.25. The molecule has 0 saturated heterocycles. The number of hydrogen-bond donors (Lipinski definition) is 3. The highest BCUT2D eigenvalue weighted by Gasteiger charge is 2.03. The quantitative estimate of drug-likeness (QED) is 0.759. The first-order valence-corrected chi connectivity index (χ1v) is 5.08. The topological polar surface area (TPSA) is 69.9 Å². The molecule has 0 unspecified atom stereocenters. The van der Waals surface area contributed by atoms with E-state index in [9.17, 15) is 10.2 Å². The van der Waals surface area contributed by atoms with Gasteiger partial charge in [-0.2, -0.15) is 0 Å². The Morgan fingerprint density at radius 1 is 0.882 bits per heavy atom. The van der Waals surface area contributed by atoms with Gasteiger partial charge in [-0.3, -0.25) is 0 Å². The molecule has 0 fully saturated rings. The zero-order valence-corrected chi connectivity index (χ0v) is 9.00. The van der Waals surface area contributed by atoms with Crippen LogP contribution in [0.4, 0.5) is 0 Å². The van der Waals surface area contributed by atoms with Crippen LogP contribution < -0.4 is 4.74 Å². The summed E-state index contributed by atoms with van der Waals surface area (Å²) in [4.78, 5) is 0. The Labute approximate surface area is 98.3 Å². The van der Waals surface area contributed by atoms with E-state index >= 15 is 0 Å². The highest BCUT2D eigenvalue weighted by atomic mass is 16.5. The molecule has 2 rings (SSSR count). The van der Waals surface area contributed by atoms with Crippen LogP contribution in [0.1, 0.15) is 5.56 Å². The standard InChI is InChI=1S/C13H12O4/c14-10-2-1-3-12(6-10)17-8-9-4-5-11(15)7-13(9)16/h1-7,14-16H,8H2. The molecule has 0 aliphatic carbocycles. The number of ether oxygens (including phenoxy) is 1.